The van der Waals surface area contributed by atoms with Crippen LogP contribution in [0.5, 0.6) is 0 Å². The highest BCUT2D eigenvalue weighted by Gasteiger charge is 2.72. The molecule has 30 atom stereocenters. The van der Waals surface area contributed by atoms with Crippen LogP contribution in [0.3, 0.4) is 0 Å². The van der Waals surface area contributed by atoms with Crippen LogP contribution in [0.25, 0.3) is 0 Å². The molecule has 131 heavy (non-hydrogen) atoms. The van der Waals surface area contributed by atoms with E-state index in [9.17, 15) is 108 Å². The molecule has 22 heterocycles. The van der Waals surface area contributed by atoms with E-state index in [1.807, 2.05) is 0 Å². The first-order valence-electron chi connectivity index (χ1n) is 39.7. The van der Waals surface area contributed by atoms with Crippen molar-refractivity contribution in [2.24, 2.45) is 0 Å². The largest absolute Gasteiger partial charge is 0.463 e. The van der Waals surface area contributed by atoms with Gasteiger partial charge in [-0.2, -0.15) is 26.3 Å². The first kappa shape index (κ1) is 108. The van der Waals surface area contributed by atoms with E-state index in [0.29, 0.717) is 19.9 Å². The number of halogens is 7. The van der Waals surface area contributed by atoms with Crippen molar-refractivity contribution < 1.29 is 254 Å². The summed E-state index contributed by atoms with van der Waals surface area (Å²) >= 11 is 0. The lowest BCUT2D eigenvalue weighted by atomic mass is 9.94. The first-order valence-corrected chi connectivity index (χ1v) is 39.7. The molecule has 738 valence electrons. The van der Waals surface area contributed by atoms with Crippen LogP contribution in [0.15, 0.2) is 12.2 Å². The Hall–Kier alpha value is -10.3. The van der Waals surface area contributed by atoms with E-state index in [-0.39, 0.29) is 6.08 Å². The fourth-order valence-corrected chi connectivity index (χ4v) is 14.5. The Morgan fingerprint density at radius 1 is 0.214 bits per heavy atom. The van der Waals surface area contributed by atoms with Crippen LogP contribution in [0.2, 0.25) is 0 Å². The lowest BCUT2D eigenvalue weighted by molar-refractivity contribution is -0.404. The smallest absolute Gasteiger partial charge is 0.431 e. The molecule has 22 fully saturated rings. The second kappa shape index (κ2) is 47.4. The number of alkyl halides is 7. The van der Waals surface area contributed by atoms with E-state index in [0.717, 1.165) is 104 Å². The van der Waals surface area contributed by atoms with Crippen LogP contribution in [0, 0.1) is 0 Å². The van der Waals surface area contributed by atoms with Gasteiger partial charge in [0.25, 0.3) is 0 Å². The molecule has 0 radical (unpaired) electrons. The summed E-state index contributed by atoms with van der Waals surface area (Å²) in [6.07, 6.45) is -86.4. The molecule has 0 amide bonds. The normalized spacial score (nSPS) is 33.3. The van der Waals surface area contributed by atoms with Crippen LogP contribution in [0.1, 0.15) is 124 Å². The molecule has 47 nitrogen and oxygen atoms in total. The molecule has 22 aliphatic heterocycles. The van der Waals surface area contributed by atoms with Gasteiger partial charge in [0.1, 0.15) is 106 Å². The van der Waals surface area contributed by atoms with E-state index >= 15 is 4.39 Å². The minimum atomic E-state index is -6.58. The van der Waals surface area contributed by atoms with Crippen LogP contribution in [0.4, 0.5) is 30.7 Å². The molecule has 22 rings (SSSR count). The Balaban J connectivity index is 1.64. The van der Waals surface area contributed by atoms with E-state index in [1.54, 1.807) is 0 Å². The number of ether oxygens (including phenoxy) is 30. The van der Waals surface area contributed by atoms with Crippen molar-refractivity contribution in [3.63, 3.8) is 0 Å². The first-order chi connectivity index (χ1) is 61.1. The standard InChI is InChI=1S/C77H99F7O47/c1-28(85)103-23-46-52-58(109-34(7)91)65(116-41(14)98)71(122-46)129-54-48(25-105-30(3)87)124-73(67(118-43(16)100)60(54)111-36(9)93)131-56-50(27-107-32(5)89)125-74(68(119-44(17)101)62(56)113-38(11)95)130-55-49(26-106-31(4)88)123-72(66(117-42(15)99)61(55)112-37(10)94)128-53-47(24-104-29(2)86)121-70(64(115-40(13)97)59(53)110-35(8)92)126-51-45(120-69(127-52)63(114-39(12)96)57(51)108-33(6)90)22-102-21-19-18-20-75(78,76(79,80)81)77(82,83)84/h18-19,45-74H,20-27H2,1-17H3/b19-18+/t45-,46-,47-,48-,49-,50-,51-,52-,53-,54-,55-,56-,57+,58+,59+,60+,61+,62+,63-,64-,65-,66-,67-,68-,69-,70-,71-,72-,73-,74-/m1/s1. The third-order valence-electron chi connectivity index (χ3n) is 19.1. The molecule has 0 aromatic carbocycles. The van der Waals surface area contributed by atoms with Gasteiger partial charge in [-0.1, -0.05) is 12.2 Å². The van der Waals surface area contributed by atoms with Crippen molar-refractivity contribution in [2.45, 2.75) is 326 Å². The zero-order chi connectivity index (χ0) is 97.9. The van der Waals surface area contributed by atoms with Gasteiger partial charge in [-0.05, 0) is 0 Å². The number of allylic oxidation sites excluding steroid dienone is 1. The monoisotopic (exact) mass is 1910 g/mol. The minimum absolute atomic E-state index is 0.0564. The summed E-state index contributed by atoms with van der Waals surface area (Å²) in [7, 11) is 0. The molecule has 0 saturated carbocycles. The quantitative estimate of drug-likeness (QED) is 0.0337. The van der Waals surface area contributed by atoms with E-state index in [4.69, 9.17) is 142 Å². The van der Waals surface area contributed by atoms with Gasteiger partial charge >= 0.3 is 119 Å². The predicted molar refractivity (Wildman–Crippen MR) is 392 cm³/mol. The Morgan fingerprint density at radius 3 is 0.511 bits per heavy atom. The summed E-state index contributed by atoms with van der Waals surface area (Å²) in [4.78, 5) is 231. The predicted octanol–water partition coefficient (Wildman–Crippen LogP) is 0.452. The molecule has 54 heteroatoms. The Labute approximate surface area is 738 Å². The van der Waals surface area contributed by atoms with E-state index in [2.05, 4.69) is 0 Å². The highest BCUT2D eigenvalue weighted by atomic mass is 19.4. The third kappa shape index (κ3) is 30.1. The van der Waals surface area contributed by atoms with Gasteiger partial charge in [0.05, 0.1) is 13.2 Å². The molecule has 22 saturated heterocycles. The Morgan fingerprint density at radius 2 is 0.366 bits per heavy atom. The number of carbonyl (C=O) groups excluding carboxylic acids is 17. The molecule has 22 aliphatic rings. The Bertz CT molecular complexity index is 4010. The summed E-state index contributed by atoms with van der Waals surface area (Å²) in [5.41, 5.74) is -5.88. The average molecular weight is 1910 g/mol. The van der Waals surface area contributed by atoms with Gasteiger partial charge in [0.15, 0.2) is 111 Å². The topological polar surface area (TPSA) is 567 Å². The van der Waals surface area contributed by atoms with Crippen molar-refractivity contribution in [3.8, 4) is 0 Å². The lowest BCUT2D eigenvalue weighted by Crippen LogP contribution is -2.71. The molecular formula is C77H99F7O47. The summed E-state index contributed by atoms with van der Waals surface area (Å²) in [5.74, 6) is -21.9. The van der Waals surface area contributed by atoms with Crippen LogP contribution in [-0.4, -0.2) is 350 Å². The lowest BCUT2D eigenvalue weighted by Gasteiger charge is -2.52. The van der Waals surface area contributed by atoms with E-state index in [1.165, 1.54) is 0 Å². The SMILES string of the molecule is CC(=O)OC[C@H]1O[C@@H]2O[C@H]3[C@H](OC(C)=O)[C@@H](OC(C)=O)[C@@H](O[C@H]4[C@H](OC(C)=O)[C@@H](OC(C)=O)[C@@H](O[C@H]5[C@H](OC(C)=O)[C@@H](OC(C)=O)[C@@H](O[C@H]6[C@H](OC(C)=O)[C@@H](OC(C)=O)[C@@H](O[C@H]7[C@H](OC(C)=O)[C@@H](OC(C)=O)[C@@H](O[C@H]1[C@H](OC(C)=O)[C@H]2OC(C)=O)O[C@@H]7COC/C=C/CC(F)(C(F)(F)F)C(F)(F)F)O[C@@H]6COC(C)=O)O[C@@H]5COC(C)=O)O[C@@H]4COC(C)=O)O[C@@H]3COC(C)=O. The average Bonchev–Trinajstić information content (AvgIpc) is 0.746. The fraction of sp³-hybridized carbons (Fsp3) is 0.753. The van der Waals surface area contributed by atoms with Crippen molar-refractivity contribution in [1.29, 1.82) is 0 Å². The zero-order valence-corrected chi connectivity index (χ0v) is 73.0. The second-order valence-electron chi connectivity index (χ2n) is 29.8. The van der Waals surface area contributed by atoms with Gasteiger partial charge in [0.2, 0.25) is 0 Å². The summed E-state index contributed by atoms with van der Waals surface area (Å²) in [6.45, 7) is 5.10. The molecule has 0 aromatic heterocycles. The number of hydrogen-bond donors (Lipinski definition) is 0. The summed E-state index contributed by atoms with van der Waals surface area (Å²) < 4.78 is 280. The number of esters is 17. The van der Waals surface area contributed by atoms with Crippen molar-refractivity contribution in [1.82, 2.24) is 0 Å². The minimum Gasteiger partial charge on any atom is -0.463 e. The third-order valence-corrected chi connectivity index (χ3v) is 19.1. The Kier molecular flexibility index (Phi) is 39.0. The van der Waals surface area contributed by atoms with Gasteiger partial charge in [-0.3, -0.25) is 81.5 Å². The van der Waals surface area contributed by atoms with Crippen molar-refractivity contribution in [3.05, 3.63) is 12.2 Å². The maximum Gasteiger partial charge on any atom is 0.431 e. The number of rotatable bonds is 28. The zero-order valence-electron chi connectivity index (χ0n) is 73.0. The van der Waals surface area contributed by atoms with Gasteiger partial charge in [0, 0.05) is 124 Å². The molecule has 0 aliphatic carbocycles. The fourth-order valence-electron chi connectivity index (χ4n) is 14.5. The van der Waals surface area contributed by atoms with Gasteiger partial charge in [-0.15, -0.1) is 0 Å². The van der Waals surface area contributed by atoms with E-state index < -0.39 is 356 Å². The maximum atomic E-state index is 15.1. The molecule has 0 spiro atoms. The van der Waals surface area contributed by atoms with Crippen LogP contribution >= 0.6 is 0 Å². The second-order valence-corrected chi connectivity index (χ2v) is 29.8. The number of hydrogen-bond acceptors (Lipinski definition) is 47. The molecule has 12 bridgehead atoms. The van der Waals surface area contributed by atoms with Crippen LogP contribution < -0.4 is 0 Å². The molecular weight excluding hydrogens is 1810 g/mol. The van der Waals surface area contributed by atoms with Crippen molar-refractivity contribution in [2.75, 3.05) is 46.2 Å². The maximum absolute atomic E-state index is 15.1. The highest BCUT2D eigenvalue weighted by molar-refractivity contribution is 5.72. The van der Waals surface area contributed by atoms with Gasteiger partial charge < -0.3 is 142 Å². The van der Waals surface area contributed by atoms with Crippen molar-refractivity contribution >= 4 is 101 Å². The molecule has 0 aromatic rings. The number of carbonyl (C=O) groups is 17. The molecule has 0 N–H and O–H groups in total. The van der Waals surface area contributed by atoms with Crippen LogP contribution in [-0.2, 0) is 224 Å². The molecule has 0 unspecified atom stereocenters. The highest BCUT2D eigenvalue weighted by Crippen LogP contribution is 2.50. The van der Waals surface area contributed by atoms with Gasteiger partial charge in [-0.25, -0.2) is 4.39 Å². The summed E-state index contributed by atoms with van der Waals surface area (Å²) in [6, 6.07) is 0. The summed E-state index contributed by atoms with van der Waals surface area (Å²) in [5, 5.41) is 0.